The average Bonchev–Trinajstić information content (AvgIpc) is 2.52. The number of carbonyl (C=O) groups is 1. The second-order valence-electron chi connectivity index (χ2n) is 2.83. The van der Waals surface area contributed by atoms with Crippen molar-refractivity contribution in [2.75, 3.05) is 18.0 Å². The first-order valence-electron chi connectivity index (χ1n) is 4.09. The third-order valence-electron chi connectivity index (χ3n) is 2.00. The number of urea groups is 1. The molecular weight excluding hydrogens is 188 g/mol. The molecule has 1 aromatic carbocycles. The molecule has 0 atom stereocenters. The highest BCUT2D eigenvalue weighted by Crippen LogP contribution is 2.25. The lowest BCUT2D eigenvalue weighted by atomic mass is 10.3. The highest BCUT2D eigenvalue weighted by atomic mass is 35.5. The van der Waals surface area contributed by atoms with Crippen molar-refractivity contribution in [3.8, 4) is 0 Å². The van der Waals surface area contributed by atoms with Gasteiger partial charge >= 0.3 is 6.03 Å². The molecule has 0 bridgehead atoms. The van der Waals surface area contributed by atoms with Crippen molar-refractivity contribution in [2.24, 2.45) is 0 Å². The number of nitrogens with one attached hydrogen (secondary N) is 1. The van der Waals surface area contributed by atoms with Crippen LogP contribution in [0.2, 0.25) is 5.02 Å². The second kappa shape index (κ2) is 3.26. The molecule has 4 heteroatoms. The van der Waals surface area contributed by atoms with Gasteiger partial charge < -0.3 is 5.32 Å². The van der Waals surface area contributed by atoms with Crippen molar-refractivity contribution >= 4 is 23.3 Å². The monoisotopic (exact) mass is 196 g/mol. The number of hydrogen-bond acceptors (Lipinski definition) is 1. The molecule has 1 fully saturated rings. The summed E-state index contributed by atoms with van der Waals surface area (Å²) in [6, 6.07) is 7.26. The summed E-state index contributed by atoms with van der Waals surface area (Å²) in [6.07, 6.45) is 0. The highest BCUT2D eigenvalue weighted by molar-refractivity contribution is 6.33. The van der Waals surface area contributed by atoms with Gasteiger partial charge in [0.15, 0.2) is 0 Å². The molecule has 13 heavy (non-hydrogen) atoms. The molecule has 0 spiro atoms. The van der Waals surface area contributed by atoms with Crippen LogP contribution < -0.4 is 10.2 Å². The number of halogens is 1. The molecule has 0 saturated carbocycles. The van der Waals surface area contributed by atoms with Gasteiger partial charge in [-0.3, -0.25) is 4.90 Å². The summed E-state index contributed by atoms with van der Waals surface area (Å²) in [5.74, 6) is 0. The fourth-order valence-electron chi connectivity index (χ4n) is 1.37. The van der Waals surface area contributed by atoms with E-state index in [1.807, 2.05) is 18.2 Å². The van der Waals surface area contributed by atoms with Crippen LogP contribution in [0.25, 0.3) is 0 Å². The van der Waals surface area contributed by atoms with Crippen LogP contribution in [0.3, 0.4) is 0 Å². The molecule has 0 radical (unpaired) electrons. The van der Waals surface area contributed by atoms with E-state index in [2.05, 4.69) is 5.32 Å². The average molecular weight is 197 g/mol. The predicted octanol–water partition coefficient (Wildman–Crippen LogP) is 1.87. The number of para-hydroxylation sites is 1. The van der Waals surface area contributed by atoms with Crippen LogP contribution in [0, 0.1) is 0 Å². The fourth-order valence-corrected chi connectivity index (χ4v) is 1.61. The molecule has 0 unspecified atom stereocenters. The van der Waals surface area contributed by atoms with E-state index in [9.17, 15) is 4.79 Å². The Morgan fingerprint density at radius 1 is 1.38 bits per heavy atom. The van der Waals surface area contributed by atoms with E-state index in [1.54, 1.807) is 11.0 Å². The smallest absolute Gasteiger partial charge is 0.322 e. The van der Waals surface area contributed by atoms with Crippen molar-refractivity contribution in [1.29, 1.82) is 0 Å². The van der Waals surface area contributed by atoms with Crippen molar-refractivity contribution in [2.45, 2.75) is 0 Å². The summed E-state index contributed by atoms with van der Waals surface area (Å²) < 4.78 is 0. The van der Waals surface area contributed by atoms with E-state index in [4.69, 9.17) is 11.6 Å². The molecule has 1 aliphatic heterocycles. The number of anilines is 1. The normalized spacial score (nSPS) is 16.1. The van der Waals surface area contributed by atoms with Crippen molar-refractivity contribution in [3.05, 3.63) is 29.3 Å². The van der Waals surface area contributed by atoms with Crippen LogP contribution >= 0.6 is 11.6 Å². The Balaban J connectivity index is 2.34. The number of rotatable bonds is 1. The molecular formula is C9H9ClN2O. The zero-order chi connectivity index (χ0) is 9.26. The Hall–Kier alpha value is -1.22. The van der Waals surface area contributed by atoms with Gasteiger partial charge in [0.2, 0.25) is 0 Å². The predicted molar refractivity (Wildman–Crippen MR) is 52.2 cm³/mol. The third kappa shape index (κ3) is 1.47. The van der Waals surface area contributed by atoms with E-state index in [1.165, 1.54) is 0 Å². The standard InChI is InChI=1S/C9H9ClN2O/c10-7-3-1-2-4-8(7)12-6-5-11-9(12)13/h1-4H,5-6H2,(H,11,13). The Morgan fingerprint density at radius 2 is 2.15 bits per heavy atom. The first kappa shape index (κ1) is 8.38. The maximum Gasteiger partial charge on any atom is 0.322 e. The van der Waals surface area contributed by atoms with Crippen LogP contribution in [-0.4, -0.2) is 19.1 Å². The first-order chi connectivity index (χ1) is 6.29. The van der Waals surface area contributed by atoms with Gasteiger partial charge in [-0.2, -0.15) is 0 Å². The van der Waals surface area contributed by atoms with Gasteiger partial charge in [0.05, 0.1) is 10.7 Å². The number of nitrogens with zero attached hydrogens (tertiary/aromatic N) is 1. The van der Waals surface area contributed by atoms with Gasteiger partial charge in [0.25, 0.3) is 0 Å². The lowest BCUT2D eigenvalue weighted by molar-refractivity contribution is 0.252. The van der Waals surface area contributed by atoms with Gasteiger partial charge in [-0.05, 0) is 12.1 Å². The molecule has 2 amide bonds. The van der Waals surface area contributed by atoms with E-state index < -0.39 is 0 Å². The Bertz CT molecular complexity index is 340. The van der Waals surface area contributed by atoms with Crippen molar-refractivity contribution < 1.29 is 4.79 Å². The molecule has 1 saturated heterocycles. The number of hydrogen-bond donors (Lipinski definition) is 1. The minimum absolute atomic E-state index is 0.0758. The van der Waals surface area contributed by atoms with Crippen LogP contribution in [0.15, 0.2) is 24.3 Å². The van der Waals surface area contributed by atoms with E-state index in [-0.39, 0.29) is 6.03 Å². The summed E-state index contributed by atoms with van der Waals surface area (Å²) >= 11 is 5.95. The van der Waals surface area contributed by atoms with Crippen molar-refractivity contribution in [3.63, 3.8) is 0 Å². The third-order valence-corrected chi connectivity index (χ3v) is 2.32. The van der Waals surface area contributed by atoms with E-state index in [0.717, 1.165) is 5.69 Å². The largest absolute Gasteiger partial charge is 0.336 e. The molecule has 2 rings (SSSR count). The molecule has 68 valence electrons. The van der Waals surface area contributed by atoms with Crippen LogP contribution in [0.5, 0.6) is 0 Å². The molecule has 1 aromatic rings. The van der Waals surface area contributed by atoms with Gasteiger partial charge in [0, 0.05) is 13.1 Å². The van der Waals surface area contributed by atoms with E-state index >= 15 is 0 Å². The lowest BCUT2D eigenvalue weighted by Gasteiger charge is -2.15. The maximum absolute atomic E-state index is 11.3. The van der Waals surface area contributed by atoms with E-state index in [0.29, 0.717) is 18.1 Å². The molecule has 0 aliphatic carbocycles. The second-order valence-corrected chi connectivity index (χ2v) is 3.24. The van der Waals surface area contributed by atoms with Crippen molar-refractivity contribution in [1.82, 2.24) is 5.32 Å². The molecule has 1 heterocycles. The molecule has 3 nitrogen and oxygen atoms in total. The van der Waals surface area contributed by atoms with Crippen LogP contribution in [0.4, 0.5) is 10.5 Å². The SMILES string of the molecule is O=C1NCCN1c1ccccc1Cl. The summed E-state index contributed by atoms with van der Waals surface area (Å²) in [4.78, 5) is 12.9. The van der Waals surface area contributed by atoms with Crippen LogP contribution in [0.1, 0.15) is 0 Å². The number of carbonyl (C=O) groups excluding carboxylic acids is 1. The number of amides is 2. The fraction of sp³-hybridized carbons (Fsp3) is 0.222. The summed E-state index contributed by atoms with van der Waals surface area (Å²) in [5.41, 5.74) is 0.777. The molecule has 0 aromatic heterocycles. The summed E-state index contributed by atoms with van der Waals surface area (Å²) in [5, 5.41) is 3.33. The first-order valence-corrected chi connectivity index (χ1v) is 4.47. The molecule has 1 aliphatic rings. The zero-order valence-electron chi connectivity index (χ0n) is 6.96. The van der Waals surface area contributed by atoms with Gasteiger partial charge in [-0.1, -0.05) is 23.7 Å². The minimum Gasteiger partial charge on any atom is -0.336 e. The lowest BCUT2D eigenvalue weighted by Crippen LogP contribution is -2.27. The zero-order valence-corrected chi connectivity index (χ0v) is 7.71. The Morgan fingerprint density at radius 3 is 2.77 bits per heavy atom. The highest BCUT2D eigenvalue weighted by Gasteiger charge is 2.22. The van der Waals surface area contributed by atoms with Gasteiger partial charge in [-0.15, -0.1) is 0 Å². The van der Waals surface area contributed by atoms with Crippen LogP contribution in [-0.2, 0) is 0 Å². The quantitative estimate of drug-likeness (QED) is 0.731. The minimum atomic E-state index is -0.0758. The summed E-state index contributed by atoms with van der Waals surface area (Å²) in [7, 11) is 0. The summed E-state index contributed by atoms with van der Waals surface area (Å²) in [6.45, 7) is 1.37. The van der Waals surface area contributed by atoms with Gasteiger partial charge in [0.1, 0.15) is 0 Å². The topological polar surface area (TPSA) is 32.3 Å². The number of benzene rings is 1. The Labute approximate surface area is 81.3 Å². The maximum atomic E-state index is 11.3. The molecule has 1 N–H and O–H groups in total. The van der Waals surface area contributed by atoms with Gasteiger partial charge in [-0.25, -0.2) is 4.79 Å². The Kier molecular flexibility index (Phi) is 2.10.